The van der Waals surface area contributed by atoms with Gasteiger partial charge < -0.3 is 4.74 Å². The number of fused-ring (bicyclic) bond motifs is 1. The van der Waals surface area contributed by atoms with Crippen molar-refractivity contribution in [3.05, 3.63) is 42.5 Å². The minimum absolute atomic E-state index is 0.286. The number of imidazole rings is 1. The number of halogens is 1. The molecule has 5 nitrogen and oxygen atoms in total. The van der Waals surface area contributed by atoms with Gasteiger partial charge in [0.05, 0.1) is 13.0 Å². The normalized spacial score (nSPS) is 10.8. The molecule has 2 aromatic heterocycles. The fraction of sp³-hybridized carbons (Fsp3) is 0.154. The molecule has 0 unspecified atom stereocenters. The van der Waals surface area contributed by atoms with Gasteiger partial charge in [0.2, 0.25) is 5.88 Å². The molecule has 0 amide bonds. The van der Waals surface area contributed by atoms with Crippen LogP contribution in [-0.2, 0) is 5.88 Å². The molecule has 2 heterocycles. The van der Waals surface area contributed by atoms with Crippen molar-refractivity contribution >= 4 is 22.8 Å². The van der Waals surface area contributed by atoms with Gasteiger partial charge in [-0.1, -0.05) is 18.2 Å². The average Bonchev–Trinajstić information content (AvgIpc) is 2.86. The third-order valence-corrected chi connectivity index (χ3v) is 3.05. The van der Waals surface area contributed by atoms with Gasteiger partial charge in [-0.2, -0.15) is 4.98 Å². The molecule has 0 spiro atoms. The summed E-state index contributed by atoms with van der Waals surface area (Å²) in [4.78, 5) is 12.8. The predicted molar refractivity (Wildman–Crippen MR) is 72.8 cm³/mol. The van der Waals surface area contributed by atoms with Crippen LogP contribution in [0.3, 0.4) is 0 Å². The molecule has 96 valence electrons. The molecule has 6 heteroatoms. The maximum atomic E-state index is 5.98. The Hall–Kier alpha value is -2.14. The lowest BCUT2D eigenvalue weighted by Gasteiger charge is -2.06. The number of methoxy groups -OCH3 is 1. The van der Waals surface area contributed by atoms with E-state index in [2.05, 4.69) is 15.0 Å². The zero-order valence-corrected chi connectivity index (χ0v) is 11.0. The van der Waals surface area contributed by atoms with Gasteiger partial charge in [-0.15, -0.1) is 11.6 Å². The Kier molecular flexibility index (Phi) is 3.05. The van der Waals surface area contributed by atoms with Crippen molar-refractivity contribution in [1.29, 1.82) is 0 Å². The van der Waals surface area contributed by atoms with Crippen LogP contribution < -0.4 is 4.74 Å². The largest absolute Gasteiger partial charge is 0.479 e. The first-order valence-corrected chi connectivity index (χ1v) is 6.26. The lowest BCUT2D eigenvalue weighted by Crippen LogP contribution is -2.00. The van der Waals surface area contributed by atoms with Crippen LogP contribution in [0.25, 0.3) is 16.9 Å². The summed E-state index contributed by atoms with van der Waals surface area (Å²) in [5.74, 6) is 1.45. The van der Waals surface area contributed by atoms with E-state index in [9.17, 15) is 0 Å². The molecule has 0 aliphatic heterocycles. The van der Waals surface area contributed by atoms with Gasteiger partial charge in [-0.05, 0) is 12.1 Å². The number of aromatic nitrogens is 4. The second-order valence-corrected chi connectivity index (χ2v) is 4.16. The number of nitrogens with zero attached hydrogens (tertiary/aromatic N) is 4. The summed E-state index contributed by atoms with van der Waals surface area (Å²) in [6.07, 6.45) is 1.46. The summed E-state index contributed by atoms with van der Waals surface area (Å²) < 4.78 is 7.12. The van der Waals surface area contributed by atoms with E-state index < -0.39 is 0 Å². The lowest BCUT2D eigenvalue weighted by molar-refractivity contribution is 0.401. The second-order valence-electron chi connectivity index (χ2n) is 3.89. The summed E-state index contributed by atoms with van der Waals surface area (Å²) in [5.41, 5.74) is 2.26. The van der Waals surface area contributed by atoms with Gasteiger partial charge in [0.25, 0.3) is 0 Å². The molecule has 0 bridgehead atoms. The minimum Gasteiger partial charge on any atom is -0.479 e. The molecule has 0 aliphatic carbocycles. The molecular weight excluding hydrogens is 264 g/mol. The first-order valence-electron chi connectivity index (χ1n) is 5.73. The van der Waals surface area contributed by atoms with E-state index in [0.29, 0.717) is 22.9 Å². The molecule has 0 aliphatic rings. The molecule has 0 saturated carbocycles. The molecule has 0 N–H and O–H groups in total. The zero-order chi connectivity index (χ0) is 13.2. The highest BCUT2D eigenvalue weighted by Crippen LogP contribution is 2.25. The Morgan fingerprint density at radius 3 is 2.68 bits per heavy atom. The summed E-state index contributed by atoms with van der Waals surface area (Å²) in [5, 5.41) is 0. The lowest BCUT2D eigenvalue weighted by atomic mass is 10.3. The zero-order valence-electron chi connectivity index (χ0n) is 10.2. The van der Waals surface area contributed by atoms with Crippen molar-refractivity contribution in [1.82, 2.24) is 19.5 Å². The van der Waals surface area contributed by atoms with E-state index in [1.165, 1.54) is 6.33 Å². The number of ether oxygens (including phenoxy) is 1. The quantitative estimate of drug-likeness (QED) is 0.689. The topological polar surface area (TPSA) is 52.8 Å². The summed E-state index contributed by atoms with van der Waals surface area (Å²) in [6, 6.07) is 9.82. The first-order chi connectivity index (χ1) is 9.35. The molecule has 1 aromatic carbocycles. The van der Waals surface area contributed by atoms with Crippen LogP contribution in [0.4, 0.5) is 0 Å². The molecule has 0 radical (unpaired) electrons. The van der Waals surface area contributed by atoms with E-state index in [1.54, 1.807) is 7.11 Å². The highest BCUT2D eigenvalue weighted by molar-refractivity contribution is 6.17. The van der Waals surface area contributed by atoms with Gasteiger partial charge >= 0.3 is 0 Å². The van der Waals surface area contributed by atoms with Crippen LogP contribution in [0.2, 0.25) is 0 Å². The van der Waals surface area contributed by atoms with Gasteiger partial charge in [0, 0.05) is 5.69 Å². The summed E-state index contributed by atoms with van der Waals surface area (Å²) >= 11 is 5.98. The standard InChI is InChI=1S/C13H11ClN4O/c1-19-13-11-12(15-8-16-13)18(10(7-14)17-11)9-5-3-2-4-6-9/h2-6,8H,7H2,1H3. The smallest absolute Gasteiger partial charge is 0.245 e. The molecule has 0 atom stereocenters. The van der Waals surface area contributed by atoms with Crippen LogP contribution in [0.5, 0.6) is 5.88 Å². The monoisotopic (exact) mass is 274 g/mol. The summed E-state index contributed by atoms with van der Waals surface area (Å²) in [6.45, 7) is 0. The van der Waals surface area contributed by atoms with Crippen molar-refractivity contribution in [3.63, 3.8) is 0 Å². The maximum absolute atomic E-state index is 5.98. The molecule has 3 rings (SSSR count). The van der Waals surface area contributed by atoms with Gasteiger partial charge in [0.1, 0.15) is 12.2 Å². The van der Waals surface area contributed by atoms with Crippen molar-refractivity contribution in [2.75, 3.05) is 7.11 Å². The van der Waals surface area contributed by atoms with Gasteiger partial charge in [-0.25, -0.2) is 9.97 Å². The Morgan fingerprint density at radius 2 is 2.00 bits per heavy atom. The second kappa shape index (κ2) is 4.85. The number of hydrogen-bond acceptors (Lipinski definition) is 4. The first kappa shape index (κ1) is 11.9. The highest BCUT2D eigenvalue weighted by atomic mass is 35.5. The Balaban J connectivity index is 2.34. The molecule has 19 heavy (non-hydrogen) atoms. The van der Waals surface area contributed by atoms with E-state index in [4.69, 9.17) is 16.3 Å². The van der Waals surface area contributed by atoms with Crippen molar-refractivity contribution in [3.8, 4) is 11.6 Å². The van der Waals surface area contributed by atoms with Gasteiger partial charge in [-0.3, -0.25) is 4.57 Å². The Morgan fingerprint density at radius 1 is 1.21 bits per heavy atom. The maximum Gasteiger partial charge on any atom is 0.245 e. The third-order valence-electron chi connectivity index (χ3n) is 2.81. The fourth-order valence-electron chi connectivity index (χ4n) is 2.00. The van der Waals surface area contributed by atoms with Crippen LogP contribution in [0.15, 0.2) is 36.7 Å². The van der Waals surface area contributed by atoms with E-state index in [0.717, 1.165) is 5.69 Å². The fourth-order valence-corrected chi connectivity index (χ4v) is 2.18. The number of hydrogen-bond donors (Lipinski definition) is 0. The van der Waals surface area contributed by atoms with E-state index >= 15 is 0 Å². The Bertz CT molecular complexity index is 711. The molecule has 3 aromatic rings. The van der Waals surface area contributed by atoms with Crippen LogP contribution >= 0.6 is 11.6 Å². The number of para-hydroxylation sites is 1. The van der Waals surface area contributed by atoms with Crippen LogP contribution in [-0.4, -0.2) is 26.6 Å². The van der Waals surface area contributed by atoms with Crippen molar-refractivity contribution in [2.24, 2.45) is 0 Å². The molecular formula is C13H11ClN4O. The number of rotatable bonds is 3. The van der Waals surface area contributed by atoms with Crippen molar-refractivity contribution < 1.29 is 4.74 Å². The van der Waals surface area contributed by atoms with Crippen LogP contribution in [0.1, 0.15) is 5.82 Å². The van der Waals surface area contributed by atoms with Crippen LogP contribution in [0, 0.1) is 0 Å². The average molecular weight is 275 g/mol. The summed E-state index contributed by atoms with van der Waals surface area (Å²) in [7, 11) is 1.56. The van der Waals surface area contributed by atoms with E-state index in [-0.39, 0.29) is 5.88 Å². The molecule has 0 saturated heterocycles. The van der Waals surface area contributed by atoms with Crippen molar-refractivity contribution in [2.45, 2.75) is 5.88 Å². The minimum atomic E-state index is 0.286. The predicted octanol–water partition coefficient (Wildman–Crippen LogP) is 2.56. The Labute approximate surface area is 114 Å². The van der Waals surface area contributed by atoms with Gasteiger partial charge in [0.15, 0.2) is 11.2 Å². The number of alkyl halides is 1. The SMILES string of the molecule is COc1ncnc2c1nc(CCl)n2-c1ccccc1. The van der Waals surface area contributed by atoms with E-state index in [1.807, 2.05) is 34.9 Å². The highest BCUT2D eigenvalue weighted by Gasteiger charge is 2.16. The third kappa shape index (κ3) is 1.92. The number of benzene rings is 1. The molecule has 0 fully saturated rings.